The van der Waals surface area contributed by atoms with Crippen LogP contribution in [0.25, 0.3) is 0 Å². The van der Waals surface area contributed by atoms with E-state index in [1.165, 1.54) is 24.8 Å². The SMILES string of the molecule is CCNC(=NCC(c1ccc(OC)cc1)N1CCCCC1)NC1CCN(C(=O)CC)C1.I. The van der Waals surface area contributed by atoms with Gasteiger partial charge in [-0.2, -0.15) is 0 Å². The molecule has 2 aliphatic heterocycles. The maximum Gasteiger partial charge on any atom is 0.222 e. The van der Waals surface area contributed by atoms with Crippen molar-refractivity contribution in [3.05, 3.63) is 29.8 Å². The van der Waals surface area contributed by atoms with Gasteiger partial charge in [-0.15, -0.1) is 24.0 Å². The first-order valence-corrected chi connectivity index (χ1v) is 11.8. The molecule has 0 spiro atoms. The molecule has 2 N–H and O–H groups in total. The molecule has 1 amide bonds. The van der Waals surface area contributed by atoms with E-state index in [-0.39, 0.29) is 42.0 Å². The highest BCUT2D eigenvalue weighted by Crippen LogP contribution is 2.26. The summed E-state index contributed by atoms with van der Waals surface area (Å²) < 4.78 is 5.34. The van der Waals surface area contributed by atoms with Crippen molar-refractivity contribution < 1.29 is 9.53 Å². The molecule has 32 heavy (non-hydrogen) atoms. The third-order valence-corrected chi connectivity index (χ3v) is 6.28. The summed E-state index contributed by atoms with van der Waals surface area (Å²) in [6.45, 7) is 9.34. The topological polar surface area (TPSA) is 69.2 Å². The quantitative estimate of drug-likeness (QED) is 0.292. The number of benzene rings is 1. The van der Waals surface area contributed by atoms with Crippen LogP contribution in [0.3, 0.4) is 0 Å². The Kier molecular flexibility index (Phi) is 11.6. The Bertz CT molecular complexity index is 722. The Morgan fingerprint density at radius 3 is 2.50 bits per heavy atom. The fourth-order valence-electron chi connectivity index (χ4n) is 4.51. The number of piperidine rings is 1. The van der Waals surface area contributed by atoms with Crippen LogP contribution in [0.2, 0.25) is 0 Å². The van der Waals surface area contributed by atoms with Gasteiger partial charge in [-0.1, -0.05) is 25.5 Å². The maximum absolute atomic E-state index is 12.0. The summed E-state index contributed by atoms with van der Waals surface area (Å²) in [5.74, 6) is 1.96. The molecule has 2 aliphatic rings. The molecule has 3 rings (SSSR count). The van der Waals surface area contributed by atoms with Crippen LogP contribution in [0.1, 0.15) is 57.6 Å². The fourth-order valence-corrected chi connectivity index (χ4v) is 4.51. The molecule has 8 heteroatoms. The first-order chi connectivity index (χ1) is 15.1. The molecule has 7 nitrogen and oxygen atoms in total. The van der Waals surface area contributed by atoms with Gasteiger partial charge in [-0.3, -0.25) is 14.7 Å². The van der Waals surface area contributed by atoms with E-state index in [1.54, 1.807) is 7.11 Å². The number of hydrogen-bond acceptors (Lipinski definition) is 4. The largest absolute Gasteiger partial charge is 0.497 e. The molecular formula is C24H40IN5O2. The average Bonchev–Trinajstić information content (AvgIpc) is 3.28. The minimum absolute atomic E-state index is 0. The van der Waals surface area contributed by atoms with E-state index in [0.717, 1.165) is 50.9 Å². The molecule has 180 valence electrons. The summed E-state index contributed by atoms with van der Waals surface area (Å²) in [6.07, 6.45) is 5.34. The predicted molar refractivity (Wildman–Crippen MR) is 141 cm³/mol. The zero-order chi connectivity index (χ0) is 22.1. The normalized spacial score (nSPS) is 20.4. The molecule has 2 unspecified atom stereocenters. The zero-order valence-electron chi connectivity index (χ0n) is 19.8. The Morgan fingerprint density at radius 1 is 1.16 bits per heavy atom. The predicted octanol–water partition coefficient (Wildman–Crippen LogP) is 3.41. The van der Waals surface area contributed by atoms with Crippen molar-refractivity contribution >= 4 is 35.8 Å². The highest BCUT2D eigenvalue weighted by Gasteiger charge is 2.26. The standard InChI is InChI=1S/C24H39N5O2.HI/c1-4-23(30)29-16-13-20(18-29)27-24(25-5-2)26-17-22(28-14-7-6-8-15-28)19-9-11-21(31-3)12-10-19;/h9-12,20,22H,4-8,13-18H2,1-3H3,(H2,25,26,27);1H. The molecule has 0 aromatic heterocycles. The summed E-state index contributed by atoms with van der Waals surface area (Å²) in [5.41, 5.74) is 1.28. The van der Waals surface area contributed by atoms with Gasteiger partial charge in [0.2, 0.25) is 5.91 Å². The van der Waals surface area contributed by atoms with Crippen LogP contribution in [0.15, 0.2) is 29.3 Å². The van der Waals surface area contributed by atoms with Crippen molar-refractivity contribution in [1.29, 1.82) is 0 Å². The highest BCUT2D eigenvalue weighted by molar-refractivity contribution is 14.0. The van der Waals surface area contributed by atoms with E-state index in [2.05, 4.69) is 34.6 Å². The van der Waals surface area contributed by atoms with E-state index in [0.29, 0.717) is 13.0 Å². The number of guanidine groups is 1. The molecule has 0 saturated carbocycles. The summed E-state index contributed by atoms with van der Waals surface area (Å²) in [5, 5.41) is 6.95. The molecule has 2 fully saturated rings. The van der Waals surface area contributed by atoms with Crippen molar-refractivity contribution in [2.75, 3.05) is 46.4 Å². The number of rotatable bonds is 8. The van der Waals surface area contributed by atoms with Crippen LogP contribution in [0.5, 0.6) is 5.75 Å². The third kappa shape index (κ3) is 7.50. The summed E-state index contributed by atoms with van der Waals surface area (Å²) >= 11 is 0. The van der Waals surface area contributed by atoms with Crippen molar-refractivity contribution in [1.82, 2.24) is 20.4 Å². The van der Waals surface area contributed by atoms with Crippen LogP contribution < -0.4 is 15.4 Å². The van der Waals surface area contributed by atoms with Crippen LogP contribution in [-0.4, -0.2) is 74.1 Å². The van der Waals surface area contributed by atoms with Crippen molar-refractivity contribution in [2.24, 2.45) is 4.99 Å². The lowest BCUT2D eigenvalue weighted by molar-refractivity contribution is -0.129. The molecule has 0 aliphatic carbocycles. The number of nitrogens with one attached hydrogen (secondary N) is 2. The van der Waals surface area contributed by atoms with Crippen LogP contribution in [0, 0.1) is 0 Å². The Hall–Kier alpha value is -1.55. The Labute approximate surface area is 210 Å². The lowest BCUT2D eigenvalue weighted by Crippen LogP contribution is -2.45. The average molecular weight is 558 g/mol. The Balaban J connectivity index is 0.00000363. The smallest absolute Gasteiger partial charge is 0.222 e. The second-order valence-electron chi connectivity index (χ2n) is 8.43. The van der Waals surface area contributed by atoms with Gasteiger partial charge >= 0.3 is 0 Å². The van der Waals surface area contributed by atoms with Crippen LogP contribution >= 0.6 is 24.0 Å². The lowest BCUT2D eigenvalue weighted by atomic mass is 10.0. The molecule has 0 radical (unpaired) electrons. The first-order valence-electron chi connectivity index (χ1n) is 11.8. The van der Waals surface area contributed by atoms with E-state index in [9.17, 15) is 4.79 Å². The minimum Gasteiger partial charge on any atom is -0.497 e. The fraction of sp³-hybridized carbons (Fsp3) is 0.667. The van der Waals surface area contributed by atoms with E-state index in [1.807, 2.05) is 24.0 Å². The maximum atomic E-state index is 12.0. The second kappa shape index (κ2) is 13.9. The van der Waals surface area contributed by atoms with Gasteiger partial charge in [0.1, 0.15) is 5.75 Å². The van der Waals surface area contributed by atoms with Gasteiger partial charge in [0.05, 0.1) is 19.7 Å². The molecule has 2 atom stereocenters. The van der Waals surface area contributed by atoms with Crippen molar-refractivity contribution in [3.8, 4) is 5.75 Å². The lowest BCUT2D eigenvalue weighted by Gasteiger charge is -2.34. The third-order valence-electron chi connectivity index (χ3n) is 6.28. The minimum atomic E-state index is 0. The van der Waals surface area contributed by atoms with Crippen molar-refractivity contribution in [2.45, 2.75) is 58.0 Å². The monoisotopic (exact) mass is 557 g/mol. The number of halogens is 1. The first kappa shape index (κ1) is 26.7. The highest BCUT2D eigenvalue weighted by atomic mass is 127. The molecule has 2 saturated heterocycles. The molecule has 0 bridgehead atoms. The summed E-state index contributed by atoms with van der Waals surface area (Å²) in [4.78, 5) is 21.5. The zero-order valence-corrected chi connectivity index (χ0v) is 22.1. The van der Waals surface area contributed by atoms with Gasteiger partial charge in [0, 0.05) is 32.1 Å². The number of nitrogens with zero attached hydrogens (tertiary/aromatic N) is 3. The molecule has 1 aromatic carbocycles. The summed E-state index contributed by atoms with van der Waals surface area (Å²) in [6, 6.07) is 8.92. The van der Waals surface area contributed by atoms with E-state index >= 15 is 0 Å². The van der Waals surface area contributed by atoms with Crippen LogP contribution in [-0.2, 0) is 4.79 Å². The molecule has 1 aromatic rings. The van der Waals surface area contributed by atoms with Crippen LogP contribution in [0.4, 0.5) is 0 Å². The number of aliphatic imine (C=N–C) groups is 1. The molecule has 2 heterocycles. The van der Waals surface area contributed by atoms with Gasteiger partial charge in [-0.05, 0) is 57.0 Å². The Morgan fingerprint density at radius 2 is 1.88 bits per heavy atom. The number of amides is 1. The number of hydrogen-bond donors (Lipinski definition) is 2. The van der Waals surface area contributed by atoms with E-state index < -0.39 is 0 Å². The number of carbonyl (C=O) groups is 1. The van der Waals surface area contributed by atoms with Gasteiger partial charge in [0.15, 0.2) is 5.96 Å². The number of carbonyl (C=O) groups excluding carboxylic acids is 1. The van der Waals surface area contributed by atoms with Crippen molar-refractivity contribution in [3.63, 3.8) is 0 Å². The molecular weight excluding hydrogens is 517 g/mol. The van der Waals surface area contributed by atoms with E-state index in [4.69, 9.17) is 9.73 Å². The number of methoxy groups -OCH3 is 1. The number of ether oxygens (including phenoxy) is 1. The van der Waals surface area contributed by atoms with Gasteiger partial charge in [0.25, 0.3) is 0 Å². The summed E-state index contributed by atoms with van der Waals surface area (Å²) in [7, 11) is 1.70. The number of likely N-dealkylation sites (tertiary alicyclic amines) is 2. The second-order valence-corrected chi connectivity index (χ2v) is 8.43. The van der Waals surface area contributed by atoms with Gasteiger partial charge in [-0.25, -0.2) is 0 Å². The van der Waals surface area contributed by atoms with Gasteiger partial charge < -0.3 is 20.3 Å².